The highest BCUT2D eigenvalue weighted by Gasteiger charge is 2.20. The lowest BCUT2D eigenvalue weighted by atomic mass is 9.89. The minimum atomic E-state index is -3.99. The second-order valence-electron chi connectivity index (χ2n) is 5.34. The van der Waals surface area contributed by atoms with Crippen molar-refractivity contribution in [1.29, 1.82) is 0 Å². The molecule has 0 aliphatic heterocycles. The van der Waals surface area contributed by atoms with Crippen LogP contribution in [0, 0.1) is 16.0 Å². The van der Waals surface area contributed by atoms with E-state index in [0.29, 0.717) is 5.92 Å². The number of nitro benzene ring substituents is 1. The zero-order valence-corrected chi connectivity index (χ0v) is 13.0. The Morgan fingerprint density at radius 1 is 1.41 bits per heavy atom. The molecule has 0 saturated heterocycles. The van der Waals surface area contributed by atoms with Crippen LogP contribution in [0.15, 0.2) is 28.2 Å². The molecule has 0 bridgehead atoms. The van der Waals surface area contributed by atoms with E-state index >= 15 is 0 Å². The fourth-order valence-corrected chi connectivity index (χ4v) is 2.94. The Morgan fingerprint density at radius 2 is 2.14 bits per heavy atom. The van der Waals surface area contributed by atoms with Crippen LogP contribution in [0.2, 0.25) is 0 Å². The minimum Gasteiger partial charge on any atom is -0.272 e. The van der Waals surface area contributed by atoms with E-state index in [9.17, 15) is 18.5 Å². The number of hydrazone groups is 1. The minimum absolute atomic E-state index is 0.141. The van der Waals surface area contributed by atoms with Crippen LogP contribution >= 0.6 is 0 Å². The molecule has 1 aromatic carbocycles. The maximum absolute atomic E-state index is 11.3. The summed E-state index contributed by atoms with van der Waals surface area (Å²) in [6.45, 7) is 2.07. The normalized spacial score (nSPS) is 20.8. The molecular weight excluding hydrogens is 308 g/mol. The van der Waals surface area contributed by atoms with Crippen molar-refractivity contribution >= 4 is 27.1 Å². The van der Waals surface area contributed by atoms with E-state index in [0.717, 1.165) is 37.5 Å². The Hall–Kier alpha value is -2.00. The first kappa shape index (κ1) is 16.4. The van der Waals surface area contributed by atoms with Crippen molar-refractivity contribution in [2.24, 2.45) is 16.2 Å². The summed E-state index contributed by atoms with van der Waals surface area (Å²) in [5.74, 6) is 0.337. The summed E-state index contributed by atoms with van der Waals surface area (Å²) in [7, 11) is -3.99. The SMILES string of the molecule is CC1CCCC/C1=N/Nc1ccc(S(N)(=O)=O)cc1[N+](=O)[O-]. The van der Waals surface area contributed by atoms with Crippen LogP contribution in [0.1, 0.15) is 32.6 Å². The second-order valence-corrected chi connectivity index (χ2v) is 6.90. The van der Waals surface area contributed by atoms with Gasteiger partial charge in [-0.1, -0.05) is 13.3 Å². The van der Waals surface area contributed by atoms with Gasteiger partial charge in [0, 0.05) is 11.8 Å². The Balaban J connectivity index is 2.31. The van der Waals surface area contributed by atoms with Crippen LogP contribution in [-0.2, 0) is 10.0 Å². The summed E-state index contributed by atoms with van der Waals surface area (Å²) in [5, 5.41) is 20.3. The van der Waals surface area contributed by atoms with E-state index in [4.69, 9.17) is 5.14 Å². The molecule has 8 nitrogen and oxygen atoms in total. The smallest absolute Gasteiger partial charge is 0.272 e. The number of benzene rings is 1. The molecule has 1 fully saturated rings. The van der Waals surface area contributed by atoms with Gasteiger partial charge in [-0.05, 0) is 37.3 Å². The second kappa shape index (κ2) is 6.41. The van der Waals surface area contributed by atoms with Crippen molar-refractivity contribution in [3.8, 4) is 0 Å². The van der Waals surface area contributed by atoms with Gasteiger partial charge >= 0.3 is 0 Å². The van der Waals surface area contributed by atoms with Crippen molar-refractivity contribution in [3.05, 3.63) is 28.3 Å². The predicted octanol–water partition coefficient (Wildman–Crippen LogP) is 2.22. The van der Waals surface area contributed by atoms with E-state index in [2.05, 4.69) is 17.5 Å². The molecule has 1 aliphatic carbocycles. The molecule has 1 aromatic rings. The number of nitrogens with two attached hydrogens (primary N) is 1. The average molecular weight is 326 g/mol. The predicted molar refractivity (Wildman–Crippen MR) is 83.2 cm³/mol. The van der Waals surface area contributed by atoms with Crippen molar-refractivity contribution < 1.29 is 13.3 Å². The molecule has 0 radical (unpaired) electrons. The van der Waals surface area contributed by atoms with Crippen LogP contribution in [0.5, 0.6) is 0 Å². The number of primary sulfonamides is 1. The van der Waals surface area contributed by atoms with Crippen molar-refractivity contribution in [1.82, 2.24) is 0 Å². The fourth-order valence-electron chi connectivity index (χ4n) is 2.40. The first-order valence-electron chi connectivity index (χ1n) is 6.92. The van der Waals surface area contributed by atoms with Gasteiger partial charge in [0.1, 0.15) is 5.69 Å². The average Bonchev–Trinajstić information content (AvgIpc) is 2.45. The number of hydrogen-bond acceptors (Lipinski definition) is 6. The van der Waals surface area contributed by atoms with E-state index in [-0.39, 0.29) is 16.3 Å². The lowest BCUT2D eigenvalue weighted by Gasteiger charge is -2.20. The summed E-state index contributed by atoms with van der Waals surface area (Å²) in [5.41, 5.74) is 3.42. The molecule has 2 rings (SSSR count). The molecule has 120 valence electrons. The standard InChI is InChI=1S/C13H18N4O4S/c1-9-4-2-3-5-11(9)15-16-12-7-6-10(22(14,20)21)8-13(12)17(18)19/h6-9,16H,2-5H2,1H3,(H2,14,20,21)/b15-11-. The number of nitro groups is 1. The molecule has 1 saturated carbocycles. The maximum Gasteiger partial charge on any atom is 0.295 e. The van der Waals surface area contributed by atoms with Crippen LogP contribution < -0.4 is 10.6 Å². The molecule has 1 atom stereocenters. The lowest BCUT2D eigenvalue weighted by Crippen LogP contribution is -2.17. The Morgan fingerprint density at radius 3 is 2.73 bits per heavy atom. The first-order valence-corrected chi connectivity index (χ1v) is 8.47. The summed E-state index contributed by atoms with van der Waals surface area (Å²) in [6.07, 6.45) is 4.12. The molecule has 0 spiro atoms. The van der Waals surface area contributed by atoms with Crippen LogP contribution in [0.3, 0.4) is 0 Å². The van der Waals surface area contributed by atoms with Crippen molar-refractivity contribution in [2.75, 3.05) is 5.43 Å². The van der Waals surface area contributed by atoms with Gasteiger partial charge < -0.3 is 0 Å². The van der Waals surface area contributed by atoms with Gasteiger partial charge in [0.05, 0.1) is 9.82 Å². The molecule has 22 heavy (non-hydrogen) atoms. The van der Waals surface area contributed by atoms with E-state index < -0.39 is 14.9 Å². The number of rotatable bonds is 4. The molecule has 0 amide bonds. The molecular formula is C13H18N4O4S. The zero-order valence-electron chi connectivity index (χ0n) is 12.2. The van der Waals surface area contributed by atoms with Gasteiger partial charge in [-0.15, -0.1) is 0 Å². The largest absolute Gasteiger partial charge is 0.295 e. The van der Waals surface area contributed by atoms with Gasteiger partial charge in [-0.2, -0.15) is 5.10 Å². The summed E-state index contributed by atoms with van der Waals surface area (Å²) in [6, 6.07) is 3.45. The van der Waals surface area contributed by atoms with Gasteiger partial charge in [0.25, 0.3) is 5.69 Å². The molecule has 1 unspecified atom stereocenters. The number of anilines is 1. The molecule has 0 aromatic heterocycles. The summed E-state index contributed by atoms with van der Waals surface area (Å²) in [4.78, 5) is 10.1. The van der Waals surface area contributed by atoms with Gasteiger partial charge in [0.15, 0.2) is 0 Å². The van der Waals surface area contributed by atoms with E-state index in [1.807, 2.05) is 0 Å². The first-order chi connectivity index (χ1) is 10.3. The Bertz CT molecular complexity index is 715. The highest BCUT2D eigenvalue weighted by atomic mass is 32.2. The monoisotopic (exact) mass is 326 g/mol. The zero-order chi connectivity index (χ0) is 16.3. The van der Waals surface area contributed by atoms with Crippen molar-refractivity contribution in [3.63, 3.8) is 0 Å². The molecule has 3 N–H and O–H groups in total. The van der Waals surface area contributed by atoms with Crippen LogP contribution in [-0.4, -0.2) is 19.1 Å². The van der Waals surface area contributed by atoms with E-state index in [1.165, 1.54) is 12.1 Å². The number of sulfonamides is 1. The highest BCUT2D eigenvalue weighted by Crippen LogP contribution is 2.28. The Labute approximate surface area is 128 Å². The van der Waals surface area contributed by atoms with Crippen LogP contribution in [0.25, 0.3) is 0 Å². The number of hydrogen-bond donors (Lipinski definition) is 2. The van der Waals surface area contributed by atoms with Gasteiger partial charge in [0.2, 0.25) is 10.0 Å². The maximum atomic E-state index is 11.3. The third-order valence-corrected chi connectivity index (χ3v) is 4.61. The van der Waals surface area contributed by atoms with Gasteiger partial charge in [-0.25, -0.2) is 13.6 Å². The van der Waals surface area contributed by atoms with Crippen molar-refractivity contribution in [2.45, 2.75) is 37.5 Å². The summed E-state index contributed by atoms with van der Waals surface area (Å²) >= 11 is 0. The third-order valence-electron chi connectivity index (χ3n) is 3.70. The van der Waals surface area contributed by atoms with Crippen LogP contribution in [0.4, 0.5) is 11.4 Å². The lowest BCUT2D eigenvalue weighted by molar-refractivity contribution is -0.384. The summed E-state index contributed by atoms with van der Waals surface area (Å²) < 4.78 is 22.5. The number of nitrogens with zero attached hydrogens (tertiary/aromatic N) is 2. The van der Waals surface area contributed by atoms with Gasteiger partial charge in [-0.3, -0.25) is 15.5 Å². The highest BCUT2D eigenvalue weighted by molar-refractivity contribution is 7.89. The quantitative estimate of drug-likeness (QED) is 0.647. The molecule has 1 aliphatic rings. The Kier molecular flexibility index (Phi) is 4.77. The molecule has 0 heterocycles. The topological polar surface area (TPSA) is 128 Å². The molecule has 9 heteroatoms. The van der Waals surface area contributed by atoms with E-state index in [1.54, 1.807) is 0 Å². The third kappa shape index (κ3) is 3.80. The fraction of sp³-hybridized carbons (Fsp3) is 0.462. The number of nitrogens with one attached hydrogen (secondary N) is 1.